The first kappa shape index (κ1) is 20.0. The van der Waals surface area contributed by atoms with Gasteiger partial charge < -0.3 is 20.5 Å². The van der Waals surface area contributed by atoms with Gasteiger partial charge in [-0.15, -0.1) is 0 Å². The molecular weight excluding hydrogens is 394 g/mol. The minimum absolute atomic E-state index is 0.272. The maximum Gasteiger partial charge on any atom is 0.260 e. The lowest BCUT2D eigenvalue weighted by atomic mass is 10.2. The summed E-state index contributed by atoms with van der Waals surface area (Å²) < 4.78 is 4.93. The van der Waals surface area contributed by atoms with Gasteiger partial charge in [0.2, 0.25) is 0 Å². The summed E-state index contributed by atoms with van der Waals surface area (Å²) in [6, 6.07) is 13.0. The van der Waals surface area contributed by atoms with Crippen LogP contribution in [0.4, 0.5) is 28.8 Å². The predicted octanol–water partition coefficient (Wildman–Crippen LogP) is 4.52. The van der Waals surface area contributed by atoms with Crippen molar-refractivity contribution < 1.29 is 9.32 Å². The number of rotatable bonds is 6. The summed E-state index contributed by atoms with van der Waals surface area (Å²) in [7, 11) is 0. The van der Waals surface area contributed by atoms with Crippen LogP contribution in [0.25, 0.3) is 0 Å². The molecule has 0 aliphatic heterocycles. The third-order valence-electron chi connectivity index (χ3n) is 4.42. The molecule has 3 N–H and O–H groups in total. The number of pyridine rings is 1. The average molecular weight is 415 g/mol. The van der Waals surface area contributed by atoms with Crippen LogP contribution in [0.5, 0.6) is 0 Å². The number of hydrogen-bond donors (Lipinski definition) is 3. The molecule has 0 saturated heterocycles. The second-order valence-electron chi connectivity index (χ2n) is 6.98. The molecule has 0 unspecified atom stereocenters. The van der Waals surface area contributed by atoms with Gasteiger partial charge in [0.15, 0.2) is 0 Å². The van der Waals surface area contributed by atoms with E-state index in [-0.39, 0.29) is 5.91 Å². The van der Waals surface area contributed by atoms with Gasteiger partial charge in [0.05, 0.1) is 6.20 Å². The highest BCUT2D eigenvalue weighted by atomic mass is 16.5. The van der Waals surface area contributed by atoms with Gasteiger partial charge >= 0.3 is 0 Å². The lowest BCUT2D eigenvalue weighted by molar-refractivity contribution is 0.102. The van der Waals surface area contributed by atoms with Crippen LogP contribution in [0.15, 0.2) is 59.4 Å². The monoisotopic (exact) mass is 415 g/mol. The van der Waals surface area contributed by atoms with Gasteiger partial charge in [-0.2, -0.15) is 0 Å². The number of benzene rings is 1. The van der Waals surface area contributed by atoms with Gasteiger partial charge in [-0.3, -0.25) is 4.79 Å². The van der Waals surface area contributed by atoms with Gasteiger partial charge in [-0.25, -0.2) is 15.0 Å². The van der Waals surface area contributed by atoms with Crippen molar-refractivity contribution in [3.8, 4) is 0 Å². The lowest BCUT2D eigenvalue weighted by Gasteiger charge is -2.11. The molecule has 0 atom stereocenters. The quantitative estimate of drug-likeness (QED) is 0.421. The smallest absolute Gasteiger partial charge is 0.260 e. The zero-order valence-electron chi connectivity index (χ0n) is 17.3. The highest BCUT2D eigenvalue weighted by molar-refractivity contribution is 6.04. The maximum absolute atomic E-state index is 12.3. The molecule has 9 nitrogen and oxygen atoms in total. The molecule has 0 spiro atoms. The molecule has 3 heterocycles. The second-order valence-corrected chi connectivity index (χ2v) is 6.98. The van der Waals surface area contributed by atoms with Crippen LogP contribution in [0.1, 0.15) is 27.5 Å². The molecule has 4 aromatic rings. The molecule has 0 aliphatic carbocycles. The number of carbonyl (C=O) groups is 1. The fourth-order valence-electron chi connectivity index (χ4n) is 2.93. The fourth-order valence-corrected chi connectivity index (χ4v) is 2.93. The first-order valence-electron chi connectivity index (χ1n) is 9.61. The summed E-state index contributed by atoms with van der Waals surface area (Å²) in [4.78, 5) is 25.4. The van der Waals surface area contributed by atoms with Gasteiger partial charge in [-0.1, -0.05) is 5.16 Å². The zero-order chi connectivity index (χ0) is 21.8. The van der Waals surface area contributed by atoms with E-state index in [1.54, 1.807) is 31.3 Å². The van der Waals surface area contributed by atoms with E-state index >= 15 is 0 Å². The van der Waals surface area contributed by atoms with Crippen LogP contribution in [0.3, 0.4) is 0 Å². The summed E-state index contributed by atoms with van der Waals surface area (Å²) in [5, 5.41) is 12.9. The van der Waals surface area contributed by atoms with Gasteiger partial charge in [0.25, 0.3) is 5.91 Å². The third-order valence-corrected chi connectivity index (χ3v) is 4.42. The van der Waals surface area contributed by atoms with Crippen LogP contribution in [0, 0.1) is 20.8 Å². The van der Waals surface area contributed by atoms with E-state index in [1.807, 2.05) is 38.1 Å². The molecule has 0 bridgehead atoms. The van der Waals surface area contributed by atoms with Crippen molar-refractivity contribution in [2.24, 2.45) is 0 Å². The van der Waals surface area contributed by atoms with Crippen molar-refractivity contribution in [3.63, 3.8) is 0 Å². The lowest BCUT2D eigenvalue weighted by Crippen LogP contribution is -2.12. The number of nitrogens with zero attached hydrogens (tertiary/aromatic N) is 4. The molecule has 3 aromatic heterocycles. The van der Waals surface area contributed by atoms with Crippen LogP contribution in [-0.2, 0) is 0 Å². The average Bonchev–Trinajstić information content (AvgIpc) is 3.15. The summed E-state index contributed by atoms with van der Waals surface area (Å²) in [6.45, 7) is 5.52. The Bertz CT molecular complexity index is 1220. The number of carbonyl (C=O) groups excluding carboxylic acids is 1. The Morgan fingerprint density at radius 3 is 2.26 bits per heavy atom. The van der Waals surface area contributed by atoms with E-state index in [0.717, 1.165) is 11.3 Å². The largest absolute Gasteiger partial charge is 0.361 e. The minimum Gasteiger partial charge on any atom is -0.361 e. The van der Waals surface area contributed by atoms with E-state index in [0.29, 0.717) is 40.3 Å². The number of aryl methyl sites for hydroxylation is 3. The fraction of sp³-hybridized carbons (Fsp3) is 0.136. The van der Waals surface area contributed by atoms with Gasteiger partial charge in [-0.05, 0) is 62.7 Å². The highest BCUT2D eigenvalue weighted by Crippen LogP contribution is 2.22. The molecule has 1 amide bonds. The molecule has 0 fully saturated rings. The van der Waals surface area contributed by atoms with E-state index < -0.39 is 0 Å². The van der Waals surface area contributed by atoms with Crippen molar-refractivity contribution in [1.29, 1.82) is 0 Å². The van der Waals surface area contributed by atoms with Crippen LogP contribution < -0.4 is 16.0 Å². The van der Waals surface area contributed by atoms with E-state index in [4.69, 9.17) is 4.52 Å². The number of hydrogen-bond acceptors (Lipinski definition) is 8. The van der Waals surface area contributed by atoms with Crippen LogP contribution in [-0.4, -0.2) is 26.0 Å². The van der Waals surface area contributed by atoms with E-state index in [9.17, 15) is 4.79 Å². The molecule has 31 heavy (non-hydrogen) atoms. The Kier molecular flexibility index (Phi) is 5.57. The van der Waals surface area contributed by atoms with Crippen molar-refractivity contribution in [1.82, 2.24) is 20.1 Å². The van der Waals surface area contributed by atoms with Gasteiger partial charge in [0, 0.05) is 23.6 Å². The first-order valence-corrected chi connectivity index (χ1v) is 9.61. The number of amides is 1. The number of aromatic nitrogens is 4. The van der Waals surface area contributed by atoms with E-state index in [2.05, 4.69) is 36.1 Å². The van der Waals surface area contributed by atoms with Crippen molar-refractivity contribution in [2.75, 3.05) is 16.0 Å². The molecule has 156 valence electrons. The molecule has 0 aliphatic rings. The Labute approximate surface area is 178 Å². The summed E-state index contributed by atoms with van der Waals surface area (Å²) in [5.41, 5.74) is 2.98. The Hall–Kier alpha value is -4.27. The molecule has 4 rings (SSSR count). The maximum atomic E-state index is 12.3. The molecule has 0 radical (unpaired) electrons. The Morgan fingerprint density at radius 2 is 1.58 bits per heavy atom. The third kappa shape index (κ3) is 5.02. The first-order chi connectivity index (χ1) is 15.0. The molecule has 0 saturated carbocycles. The summed E-state index contributed by atoms with van der Waals surface area (Å²) in [6.07, 6.45) is 3.14. The standard InChI is InChI=1S/C22H21N7O2/c1-13-8-9-23-19(10-13)29-21-11-20(25-15(3)26-21)27-16-4-6-17(7-5-16)28-22(30)18-12-24-31-14(18)2/h4-12H,1-3H3,(H,28,30)(H2,23,25,26,27,29). The van der Waals surface area contributed by atoms with Gasteiger partial charge in [0.1, 0.15) is 34.6 Å². The SMILES string of the molecule is Cc1ccnc(Nc2cc(Nc3ccc(NC(=O)c4cnoc4C)cc3)nc(C)n2)c1. The summed E-state index contributed by atoms with van der Waals surface area (Å²) in [5.74, 6) is 2.81. The second kappa shape index (κ2) is 8.62. The minimum atomic E-state index is -0.272. The number of nitrogens with one attached hydrogen (secondary N) is 3. The highest BCUT2D eigenvalue weighted by Gasteiger charge is 2.13. The van der Waals surface area contributed by atoms with Crippen molar-refractivity contribution >= 4 is 34.7 Å². The summed E-state index contributed by atoms with van der Waals surface area (Å²) >= 11 is 0. The van der Waals surface area contributed by atoms with Crippen molar-refractivity contribution in [2.45, 2.75) is 20.8 Å². The predicted molar refractivity (Wildman–Crippen MR) is 118 cm³/mol. The van der Waals surface area contributed by atoms with Crippen LogP contribution >= 0.6 is 0 Å². The van der Waals surface area contributed by atoms with Crippen molar-refractivity contribution in [3.05, 3.63) is 77.6 Å². The molecule has 9 heteroatoms. The zero-order valence-corrected chi connectivity index (χ0v) is 17.3. The Morgan fingerprint density at radius 1 is 0.871 bits per heavy atom. The molecule has 1 aromatic carbocycles. The molecular formula is C22H21N7O2. The topological polar surface area (TPSA) is 118 Å². The van der Waals surface area contributed by atoms with Crippen LogP contribution in [0.2, 0.25) is 0 Å². The normalized spacial score (nSPS) is 10.5. The Balaban J connectivity index is 1.44. The number of anilines is 5. The van der Waals surface area contributed by atoms with E-state index in [1.165, 1.54) is 6.20 Å².